The number of carbonyl (C=O) groups excluding carboxylic acids is 1. The Kier molecular flexibility index (Phi) is 6.46. The standard InChI is InChI=1S/C18H21ClN2O3/c1-21(11-13-4-7-15(23-2)8-5-13)12-18(22)20-14-6-9-17(24-3)16(19)10-14/h4-10H,11-12H2,1-3H3,(H,20,22). The molecule has 1 amide bonds. The molecule has 0 bridgehead atoms. The highest BCUT2D eigenvalue weighted by Crippen LogP contribution is 2.27. The fourth-order valence-corrected chi connectivity index (χ4v) is 2.55. The fourth-order valence-electron chi connectivity index (χ4n) is 2.29. The number of amides is 1. The van der Waals surface area contributed by atoms with Crippen LogP contribution in [-0.4, -0.2) is 38.6 Å². The Hall–Kier alpha value is -2.24. The van der Waals surface area contributed by atoms with E-state index < -0.39 is 0 Å². The fraction of sp³-hybridized carbons (Fsp3) is 0.278. The topological polar surface area (TPSA) is 50.8 Å². The molecule has 0 saturated heterocycles. The van der Waals surface area contributed by atoms with Crippen LogP contribution in [0.1, 0.15) is 5.56 Å². The number of rotatable bonds is 7. The molecule has 0 aliphatic heterocycles. The Balaban J connectivity index is 1.87. The van der Waals surface area contributed by atoms with Crippen LogP contribution >= 0.6 is 11.6 Å². The van der Waals surface area contributed by atoms with E-state index >= 15 is 0 Å². The SMILES string of the molecule is COc1ccc(CN(C)CC(=O)Nc2ccc(OC)c(Cl)c2)cc1. The molecule has 0 unspecified atom stereocenters. The molecule has 6 heteroatoms. The Labute approximate surface area is 147 Å². The molecule has 1 N–H and O–H groups in total. The van der Waals surface area contributed by atoms with Gasteiger partial charge in [0.1, 0.15) is 11.5 Å². The lowest BCUT2D eigenvalue weighted by Crippen LogP contribution is -2.29. The van der Waals surface area contributed by atoms with Crippen LogP contribution in [0.15, 0.2) is 42.5 Å². The number of halogens is 1. The minimum atomic E-state index is -0.104. The smallest absolute Gasteiger partial charge is 0.238 e. The summed E-state index contributed by atoms with van der Waals surface area (Å²) in [5.74, 6) is 1.29. The van der Waals surface area contributed by atoms with Gasteiger partial charge in [0.2, 0.25) is 5.91 Å². The van der Waals surface area contributed by atoms with Crippen LogP contribution in [0.4, 0.5) is 5.69 Å². The minimum Gasteiger partial charge on any atom is -0.497 e. The van der Waals surface area contributed by atoms with Gasteiger partial charge in [-0.15, -0.1) is 0 Å². The minimum absolute atomic E-state index is 0.104. The molecule has 0 heterocycles. The lowest BCUT2D eigenvalue weighted by molar-refractivity contribution is -0.117. The van der Waals surface area contributed by atoms with Crippen LogP contribution in [0.25, 0.3) is 0 Å². The number of ether oxygens (including phenoxy) is 2. The van der Waals surface area contributed by atoms with Gasteiger partial charge < -0.3 is 14.8 Å². The lowest BCUT2D eigenvalue weighted by Gasteiger charge is -2.17. The van der Waals surface area contributed by atoms with Crippen molar-refractivity contribution in [2.75, 3.05) is 33.1 Å². The third-order valence-electron chi connectivity index (χ3n) is 3.46. The number of hydrogen-bond acceptors (Lipinski definition) is 4. The molecular formula is C18H21ClN2O3. The van der Waals surface area contributed by atoms with Crippen LogP contribution < -0.4 is 14.8 Å². The monoisotopic (exact) mass is 348 g/mol. The largest absolute Gasteiger partial charge is 0.497 e. The summed E-state index contributed by atoms with van der Waals surface area (Å²) in [5.41, 5.74) is 1.75. The Morgan fingerprint density at radius 3 is 2.42 bits per heavy atom. The molecule has 0 aromatic heterocycles. The van der Waals surface area contributed by atoms with Crippen molar-refractivity contribution in [3.63, 3.8) is 0 Å². The second-order valence-electron chi connectivity index (χ2n) is 5.42. The number of benzene rings is 2. The van der Waals surface area contributed by atoms with Gasteiger partial charge in [0, 0.05) is 12.2 Å². The predicted octanol–water partition coefficient (Wildman–Crippen LogP) is 3.43. The summed E-state index contributed by atoms with van der Waals surface area (Å²) >= 11 is 6.05. The van der Waals surface area contributed by atoms with Crippen LogP contribution in [-0.2, 0) is 11.3 Å². The molecule has 0 aliphatic carbocycles. The van der Waals surface area contributed by atoms with Crippen molar-refractivity contribution in [2.24, 2.45) is 0 Å². The summed E-state index contributed by atoms with van der Waals surface area (Å²) in [7, 11) is 5.08. The molecular weight excluding hydrogens is 328 g/mol. The highest BCUT2D eigenvalue weighted by atomic mass is 35.5. The average molecular weight is 349 g/mol. The first-order valence-electron chi connectivity index (χ1n) is 7.46. The molecule has 0 aliphatic rings. The van der Waals surface area contributed by atoms with E-state index in [0.29, 0.717) is 23.0 Å². The van der Waals surface area contributed by atoms with Gasteiger partial charge in [0.25, 0.3) is 0 Å². The zero-order valence-corrected chi connectivity index (χ0v) is 14.8. The first kappa shape index (κ1) is 18.1. The first-order chi connectivity index (χ1) is 11.5. The molecule has 0 saturated carbocycles. The van der Waals surface area contributed by atoms with Gasteiger partial charge in [-0.3, -0.25) is 9.69 Å². The normalized spacial score (nSPS) is 10.5. The van der Waals surface area contributed by atoms with Crippen molar-refractivity contribution in [3.8, 4) is 11.5 Å². The Bertz CT molecular complexity index is 689. The maximum atomic E-state index is 12.1. The molecule has 2 aromatic carbocycles. The van der Waals surface area contributed by atoms with E-state index in [1.165, 1.54) is 0 Å². The molecule has 5 nitrogen and oxygen atoms in total. The quantitative estimate of drug-likeness (QED) is 0.833. The molecule has 0 radical (unpaired) electrons. The van der Waals surface area contributed by atoms with Gasteiger partial charge in [-0.2, -0.15) is 0 Å². The second kappa shape index (κ2) is 8.57. The molecule has 128 valence electrons. The molecule has 0 fully saturated rings. The van der Waals surface area contributed by atoms with E-state index in [0.717, 1.165) is 11.3 Å². The van der Waals surface area contributed by atoms with Gasteiger partial charge in [0.15, 0.2) is 0 Å². The average Bonchev–Trinajstić information content (AvgIpc) is 2.55. The van der Waals surface area contributed by atoms with E-state index in [-0.39, 0.29) is 12.5 Å². The molecule has 2 rings (SSSR count). The van der Waals surface area contributed by atoms with E-state index in [1.807, 2.05) is 36.2 Å². The van der Waals surface area contributed by atoms with E-state index in [2.05, 4.69) is 5.32 Å². The summed E-state index contributed by atoms with van der Waals surface area (Å²) in [5, 5.41) is 3.29. The summed E-state index contributed by atoms with van der Waals surface area (Å²) < 4.78 is 10.2. The summed E-state index contributed by atoms with van der Waals surface area (Å²) in [4.78, 5) is 14.1. The number of likely N-dealkylation sites (N-methyl/N-ethyl adjacent to an activating group) is 1. The van der Waals surface area contributed by atoms with Crippen LogP contribution in [0.3, 0.4) is 0 Å². The van der Waals surface area contributed by atoms with Crippen molar-refractivity contribution in [3.05, 3.63) is 53.1 Å². The number of carbonyl (C=O) groups is 1. The number of anilines is 1. The summed E-state index contributed by atoms with van der Waals surface area (Å²) in [6.45, 7) is 0.941. The highest BCUT2D eigenvalue weighted by Gasteiger charge is 2.09. The van der Waals surface area contributed by atoms with E-state index in [1.54, 1.807) is 32.4 Å². The number of hydrogen-bond donors (Lipinski definition) is 1. The van der Waals surface area contributed by atoms with Crippen molar-refractivity contribution in [1.82, 2.24) is 4.90 Å². The zero-order chi connectivity index (χ0) is 17.5. The van der Waals surface area contributed by atoms with Crippen molar-refractivity contribution >= 4 is 23.2 Å². The van der Waals surface area contributed by atoms with Gasteiger partial charge in [-0.25, -0.2) is 0 Å². The van der Waals surface area contributed by atoms with Gasteiger partial charge in [0.05, 0.1) is 25.8 Å². The van der Waals surface area contributed by atoms with Gasteiger partial charge in [-0.1, -0.05) is 23.7 Å². The zero-order valence-electron chi connectivity index (χ0n) is 14.0. The number of nitrogens with zero attached hydrogens (tertiary/aromatic N) is 1. The maximum absolute atomic E-state index is 12.1. The Morgan fingerprint density at radius 2 is 1.83 bits per heavy atom. The van der Waals surface area contributed by atoms with E-state index in [9.17, 15) is 4.79 Å². The molecule has 0 spiro atoms. The van der Waals surface area contributed by atoms with Crippen molar-refractivity contribution in [1.29, 1.82) is 0 Å². The maximum Gasteiger partial charge on any atom is 0.238 e. The number of methoxy groups -OCH3 is 2. The second-order valence-corrected chi connectivity index (χ2v) is 5.83. The van der Waals surface area contributed by atoms with Crippen molar-refractivity contribution in [2.45, 2.75) is 6.54 Å². The molecule has 24 heavy (non-hydrogen) atoms. The molecule has 2 aromatic rings. The highest BCUT2D eigenvalue weighted by molar-refractivity contribution is 6.32. The van der Waals surface area contributed by atoms with E-state index in [4.69, 9.17) is 21.1 Å². The van der Waals surface area contributed by atoms with Crippen LogP contribution in [0, 0.1) is 0 Å². The third kappa shape index (κ3) is 5.15. The van der Waals surface area contributed by atoms with Gasteiger partial charge >= 0.3 is 0 Å². The Morgan fingerprint density at radius 1 is 1.12 bits per heavy atom. The molecule has 0 atom stereocenters. The summed E-state index contributed by atoms with van der Waals surface area (Å²) in [6, 6.07) is 12.9. The van der Waals surface area contributed by atoms with Gasteiger partial charge in [-0.05, 0) is 42.9 Å². The van der Waals surface area contributed by atoms with Crippen LogP contribution in [0.5, 0.6) is 11.5 Å². The van der Waals surface area contributed by atoms with Crippen LogP contribution in [0.2, 0.25) is 5.02 Å². The first-order valence-corrected chi connectivity index (χ1v) is 7.84. The van der Waals surface area contributed by atoms with Crippen molar-refractivity contribution < 1.29 is 14.3 Å². The lowest BCUT2D eigenvalue weighted by atomic mass is 10.2. The third-order valence-corrected chi connectivity index (χ3v) is 3.76. The predicted molar refractivity (Wildman–Crippen MR) is 96.0 cm³/mol. The number of nitrogens with one attached hydrogen (secondary N) is 1. The summed E-state index contributed by atoms with van der Waals surface area (Å²) in [6.07, 6.45) is 0.